The van der Waals surface area contributed by atoms with Gasteiger partial charge in [-0.3, -0.25) is 9.59 Å². The highest BCUT2D eigenvalue weighted by Crippen LogP contribution is 2.18. The minimum absolute atomic E-state index is 0.0449. The lowest BCUT2D eigenvalue weighted by molar-refractivity contribution is -0.123. The predicted molar refractivity (Wildman–Crippen MR) is 89.0 cm³/mol. The maximum atomic E-state index is 12.1. The first kappa shape index (κ1) is 16.9. The Bertz CT molecular complexity index is 733. The van der Waals surface area contributed by atoms with Crippen LogP contribution in [0.15, 0.2) is 35.7 Å². The first-order valence-corrected chi connectivity index (χ1v) is 7.93. The molecule has 0 unspecified atom stereocenters. The molecule has 1 aromatic carbocycles. The molecule has 2 aromatic rings. The van der Waals surface area contributed by atoms with Crippen molar-refractivity contribution in [1.29, 1.82) is 0 Å². The quantitative estimate of drug-likeness (QED) is 0.673. The molecule has 0 aliphatic rings. The van der Waals surface area contributed by atoms with Gasteiger partial charge in [-0.2, -0.15) is 0 Å². The van der Waals surface area contributed by atoms with Crippen molar-refractivity contribution < 1.29 is 19.1 Å². The molecule has 2 rings (SSSR count). The van der Waals surface area contributed by atoms with Crippen molar-refractivity contribution >= 4 is 34.7 Å². The molecule has 1 aromatic heterocycles. The van der Waals surface area contributed by atoms with Crippen LogP contribution >= 0.6 is 11.3 Å². The second-order valence-corrected chi connectivity index (χ2v) is 6.02. The molecule has 0 saturated carbocycles. The van der Waals surface area contributed by atoms with Crippen molar-refractivity contribution in [1.82, 2.24) is 0 Å². The summed E-state index contributed by atoms with van der Waals surface area (Å²) in [5.74, 6) is -0.980. The lowest BCUT2D eigenvalue weighted by Crippen LogP contribution is -2.29. The van der Waals surface area contributed by atoms with Gasteiger partial charge in [0.15, 0.2) is 11.9 Å². The smallest absolute Gasteiger partial charge is 0.349 e. The molecular weight excluding hydrogens is 314 g/mol. The lowest BCUT2D eigenvalue weighted by atomic mass is 10.1. The first-order chi connectivity index (χ1) is 10.9. The summed E-state index contributed by atoms with van der Waals surface area (Å²) in [6.45, 7) is 4.80. The summed E-state index contributed by atoms with van der Waals surface area (Å²) in [6, 6.07) is 8.34. The molecular formula is C17H17NO4S. The number of Topliss-reactive ketones (excluding diaryl/α,β-unsaturated/α-hetero) is 1. The molecule has 1 amide bonds. The average Bonchev–Trinajstić information content (AvgIpc) is 2.93. The van der Waals surface area contributed by atoms with Crippen LogP contribution in [-0.2, 0) is 9.53 Å². The summed E-state index contributed by atoms with van der Waals surface area (Å²) < 4.78 is 5.18. The van der Waals surface area contributed by atoms with Gasteiger partial charge in [0, 0.05) is 11.3 Å². The number of ketones is 1. The molecule has 5 nitrogen and oxygen atoms in total. The molecule has 0 fully saturated rings. The number of hydrogen-bond donors (Lipinski definition) is 1. The summed E-state index contributed by atoms with van der Waals surface area (Å²) >= 11 is 1.28. The van der Waals surface area contributed by atoms with Crippen LogP contribution in [0.25, 0.3) is 0 Å². The van der Waals surface area contributed by atoms with Crippen molar-refractivity contribution in [2.75, 3.05) is 5.32 Å². The van der Waals surface area contributed by atoms with E-state index in [0.717, 1.165) is 5.56 Å². The number of aryl methyl sites for hydroxylation is 1. The molecule has 0 aliphatic carbocycles. The Hall–Kier alpha value is -2.47. The number of amides is 1. The van der Waals surface area contributed by atoms with Crippen molar-refractivity contribution in [3.8, 4) is 0 Å². The molecule has 0 radical (unpaired) electrons. The molecule has 1 N–H and O–H groups in total. The van der Waals surface area contributed by atoms with Crippen molar-refractivity contribution in [3.63, 3.8) is 0 Å². The van der Waals surface area contributed by atoms with E-state index in [4.69, 9.17) is 4.74 Å². The van der Waals surface area contributed by atoms with Gasteiger partial charge in [-0.05, 0) is 62.0 Å². The van der Waals surface area contributed by atoms with E-state index in [9.17, 15) is 14.4 Å². The van der Waals surface area contributed by atoms with E-state index in [1.807, 2.05) is 13.0 Å². The molecule has 0 bridgehead atoms. The molecule has 1 heterocycles. The van der Waals surface area contributed by atoms with E-state index in [0.29, 0.717) is 16.1 Å². The molecule has 23 heavy (non-hydrogen) atoms. The maximum absolute atomic E-state index is 12.1. The van der Waals surface area contributed by atoms with E-state index in [1.54, 1.807) is 29.6 Å². The summed E-state index contributed by atoms with van der Waals surface area (Å²) in [5.41, 5.74) is 1.93. The van der Waals surface area contributed by atoms with Gasteiger partial charge in [0.1, 0.15) is 4.88 Å². The van der Waals surface area contributed by atoms with Crippen LogP contribution in [-0.4, -0.2) is 23.8 Å². The molecule has 1 atom stereocenters. The monoisotopic (exact) mass is 331 g/mol. The highest BCUT2D eigenvalue weighted by Gasteiger charge is 2.20. The van der Waals surface area contributed by atoms with Gasteiger partial charge in [0.25, 0.3) is 5.91 Å². The Kier molecular flexibility index (Phi) is 5.28. The fourth-order valence-electron chi connectivity index (χ4n) is 1.88. The normalized spacial score (nSPS) is 11.6. The van der Waals surface area contributed by atoms with Crippen LogP contribution in [0.4, 0.5) is 5.69 Å². The largest absolute Gasteiger partial charge is 0.448 e. The van der Waals surface area contributed by atoms with Gasteiger partial charge >= 0.3 is 5.97 Å². The van der Waals surface area contributed by atoms with Crippen molar-refractivity contribution in [2.24, 2.45) is 0 Å². The van der Waals surface area contributed by atoms with Gasteiger partial charge in [0.05, 0.1) is 0 Å². The standard InChI is InChI=1S/C17H17NO4S/c1-10-8-9-23-15(10)17(21)22-12(3)16(20)18-14-6-4-13(5-7-14)11(2)19/h4-9,12H,1-3H3,(H,18,20)/t12-/m1/s1. The van der Waals surface area contributed by atoms with Crippen LogP contribution in [0.1, 0.15) is 39.4 Å². The second-order valence-electron chi connectivity index (χ2n) is 5.10. The first-order valence-electron chi connectivity index (χ1n) is 7.05. The van der Waals surface area contributed by atoms with E-state index in [-0.39, 0.29) is 5.78 Å². The highest BCUT2D eigenvalue weighted by atomic mass is 32.1. The molecule has 120 valence electrons. The minimum Gasteiger partial charge on any atom is -0.448 e. The topological polar surface area (TPSA) is 72.5 Å². The lowest BCUT2D eigenvalue weighted by Gasteiger charge is -2.13. The van der Waals surface area contributed by atoms with Crippen LogP contribution in [0, 0.1) is 6.92 Å². The van der Waals surface area contributed by atoms with E-state index < -0.39 is 18.0 Å². The Labute approximate surface area is 138 Å². The van der Waals surface area contributed by atoms with Crippen LogP contribution in [0.5, 0.6) is 0 Å². The number of ether oxygens (including phenoxy) is 1. The average molecular weight is 331 g/mol. The van der Waals surface area contributed by atoms with E-state index in [2.05, 4.69) is 5.32 Å². The Balaban J connectivity index is 1.96. The molecule has 6 heteroatoms. The third kappa shape index (κ3) is 4.26. The summed E-state index contributed by atoms with van der Waals surface area (Å²) in [4.78, 5) is 35.8. The number of nitrogens with one attached hydrogen (secondary N) is 1. The van der Waals surface area contributed by atoms with Crippen molar-refractivity contribution in [2.45, 2.75) is 26.9 Å². The van der Waals surface area contributed by atoms with E-state index >= 15 is 0 Å². The van der Waals surface area contributed by atoms with Crippen LogP contribution in [0.2, 0.25) is 0 Å². The fourth-order valence-corrected chi connectivity index (χ4v) is 2.69. The second kappa shape index (κ2) is 7.19. The number of carbonyl (C=O) groups is 3. The Morgan fingerprint density at radius 2 is 1.78 bits per heavy atom. The Morgan fingerprint density at radius 3 is 2.30 bits per heavy atom. The van der Waals surface area contributed by atoms with Gasteiger partial charge in [0.2, 0.25) is 0 Å². The molecule has 0 spiro atoms. The minimum atomic E-state index is -0.920. The summed E-state index contributed by atoms with van der Waals surface area (Å²) in [6.07, 6.45) is -0.920. The number of thiophene rings is 1. The molecule has 0 aliphatic heterocycles. The SMILES string of the molecule is CC(=O)c1ccc(NC(=O)[C@@H](C)OC(=O)c2sccc2C)cc1. The predicted octanol–water partition coefficient (Wildman–Crippen LogP) is 3.44. The number of anilines is 1. The maximum Gasteiger partial charge on any atom is 0.349 e. The number of carbonyl (C=O) groups excluding carboxylic acids is 3. The van der Waals surface area contributed by atoms with E-state index in [1.165, 1.54) is 25.2 Å². The highest BCUT2D eigenvalue weighted by molar-refractivity contribution is 7.12. The number of esters is 1. The fraction of sp³-hybridized carbons (Fsp3) is 0.235. The van der Waals surface area contributed by atoms with Crippen molar-refractivity contribution in [3.05, 3.63) is 51.7 Å². The third-order valence-electron chi connectivity index (χ3n) is 3.26. The third-order valence-corrected chi connectivity index (χ3v) is 4.26. The van der Waals surface area contributed by atoms with Gasteiger partial charge in [-0.1, -0.05) is 0 Å². The zero-order chi connectivity index (χ0) is 17.0. The zero-order valence-corrected chi connectivity index (χ0v) is 13.9. The summed E-state index contributed by atoms with van der Waals surface area (Å²) in [7, 11) is 0. The van der Waals surface area contributed by atoms with Gasteiger partial charge in [-0.15, -0.1) is 11.3 Å². The number of hydrogen-bond acceptors (Lipinski definition) is 5. The van der Waals surface area contributed by atoms with Crippen LogP contribution in [0.3, 0.4) is 0 Å². The zero-order valence-electron chi connectivity index (χ0n) is 13.1. The van der Waals surface area contributed by atoms with Crippen LogP contribution < -0.4 is 5.32 Å². The molecule has 0 saturated heterocycles. The van der Waals surface area contributed by atoms with Gasteiger partial charge < -0.3 is 10.1 Å². The number of benzene rings is 1. The Morgan fingerprint density at radius 1 is 1.13 bits per heavy atom. The summed E-state index contributed by atoms with van der Waals surface area (Å²) in [5, 5.41) is 4.45. The van der Waals surface area contributed by atoms with Gasteiger partial charge in [-0.25, -0.2) is 4.79 Å². The number of rotatable bonds is 5.